The molecule has 0 saturated carbocycles. The van der Waals surface area contributed by atoms with Crippen molar-refractivity contribution >= 4 is 10.8 Å². The molecule has 0 saturated heterocycles. The molecule has 0 aliphatic rings. The number of aromatic nitrogens is 1. The molecular formula is C10H12N3+. The van der Waals surface area contributed by atoms with Gasteiger partial charge in [-0.1, -0.05) is 22.9 Å². The molecule has 1 aromatic carbocycles. The van der Waals surface area contributed by atoms with Gasteiger partial charge >= 0.3 is 0 Å². The van der Waals surface area contributed by atoms with Crippen molar-refractivity contribution in [3.8, 4) is 0 Å². The van der Waals surface area contributed by atoms with Gasteiger partial charge in [0, 0.05) is 11.5 Å². The number of benzene rings is 1. The third-order valence-corrected chi connectivity index (χ3v) is 2.14. The van der Waals surface area contributed by atoms with Gasteiger partial charge in [0.25, 0.3) is 0 Å². The maximum absolute atomic E-state index is 5.73. The molecule has 3 heteroatoms. The molecule has 0 fully saturated rings. The number of hydrogen-bond donors (Lipinski definition) is 2. The maximum Gasteiger partial charge on any atom is 0.225 e. The molecule has 0 radical (unpaired) electrons. The van der Waals surface area contributed by atoms with E-state index in [4.69, 9.17) is 11.6 Å². The lowest BCUT2D eigenvalue weighted by molar-refractivity contribution is -0.645. The van der Waals surface area contributed by atoms with Crippen molar-refractivity contribution < 1.29 is 4.68 Å². The van der Waals surface area contributed by atoms with Crippen LogP contribution in [0.5, 0.6) is 0 Å². The summed E-state index contributed by atoms with van der Waals surface area (Å²) >= 11 is 0. The average molecular weight is 174 g/mol. The second-order valence-electron chi connectivity index (χ2n) is 3.01. The monoisotopic (exact) mass is 174 g/mol. The van der Waals surface area contributed by atoms with Crippen molar-refractivity contribution in [2.24, 2.45) is 5.73 Å². The third-order valence-electron chi connectivity index (χ3n) is 2.14. The van der Waals surface area contributed by atoms with E-state index in [0.29, 0.717) is 6.54 Å². The Morgan fingerprint density at radius 1 is 1.15 bits per heavy atom. The van der Waals surface area contributed by atoms with E-state index in [-0.39, 0.29) is 0 Å². The zero-order valence-corrected chi connectivity index (χ0v) is 7.27. The molecular weight excluding hydrogens is 162 g/mol. The molecule has 0 atom stereocenters. The number of hydrogen-bond acceptors (Lipinski definition) is 2. The van der Waals surface area contributed by atoms with Gasteiger partial charge < -0.3 is 5.73 Å². The van der Waals surface area contributed by atoms with Gasteiger partial charge in [-0.3, -0.25) is 0 Å². The molecule has 0 aliphatic carbocycles. The molecule has 0 aliphatic heterocycles. The highest BCUT2D eigenvalue weighted by atomic mass is 15.3. The predicted octanol–water partition coefficient (Wildman–Crippen LogP) is 0.300. The minimum absolute atomic E-state index is 0.460. The van der Waals surface area contributed by atoms with Gasteiger partial charge in [-0.15, -0.1) is 0 Å². The SMILES string of the molecule is NCc1cc2ccccc2c[n+]1N. The normalized spacial score (nSPS) is 10.5. The molecule has 1 heterocycles. The average Bonchev–Trinajstić information content (AvgIpc) is 2.17. The van der Waals surface area contributed by atoms with E-state index in [2.05, 4.69) is 6.07 Å². The molecule has 0 amide bonds. The van der Waals surface area contributed by atoms with Gasteiger partial charge in [-0.25, -0.2) is 5.84 Å². The van der Waals surface area contributed by atoms with Crippen molar-refractivity contribution in [1.82, 2.24) is 0 Å². The predicted molar refractivity (Wildman–Crippen MR) is 52.2 cm³/mol. The number of nitrogen functional groups attached to an aromatic ring is 1. The summed E-state index contributed by atoms with van der Waals surface area (Å²) in [5.41, 5.74) is 6.47. The molecule has 4 N–H and O–H groups in total. The summed E-state index contributed by atoms with van der Waals surface area (Å²) in [6.45, 7) is 0.460. The van der Waals surface area contributed by atoms with Gasteiger partial charge in [-0.2, -0.15) is 0 Å². The largest absolute Gasteiger partial charge is 0.321 e. The Kier molecular flexibility index (Phi) is 1.87. The Hall–Kier alpha value is -1.61. The first-order chi connectivity index (χ1) is 6.31. The first-order valence-corrected chi connectivity index (χ1v) is 4.20. The summed E-state index contributed by atoms with van der Waals surface area (Å²) in [6, 6.07) is 10.1. The highest BCUT2D eigenvalue weighted by molar-refractivity contribution is 5.80. The standard InChI is InChI=1S/C10H12N3/c11-6-10-5-8-3-1-2-4-9(8)7-13(10)12/h1-5,7H,6,11-12H2/q+1. The topological polar surface area (TPSA) is 55.9 Å². The smallest absolute Gasteiger partial charge is 0.225 e. The minimum Gasteiger partial charge on any atom is -0.321 e. The molecule has 13 heavy (non-hydrogen) atoms. The molecule has 0 unspecified atom stereocenters. The van der Waals surface area contributed by atoms with Crippen LogP contribution in [-0.2, 0) is 6.54 Å². The Labute approximate surface area is 76.6 Å². The Bertz CT molecular complexity index is 437. The summed E-state index contributed by atoms with van der Waals surface area (Å²) in [5, 5.41) is 2.30. The summed E-state index contributed by atoms with van der Waals surface area (Å²) < 4.78 is 1.57. The first-order valence-electron chi connectivity index (χ1n) is 4.20. The van der Waals surface area contributed by atoms with Crippen LogP contribution in [0, 0.1) is 0 Å². The first kappa shape index (κ1) is 8.01. The fraction of sp³-hybridized carbons (Fsp3) is 0.100. The van der Waals surface area contributed by atoms with E-state index in [9.17, 15) is 0 Å². The lowest BCUT2D eigenvalue weighted by Crippen LogP contribution is -2.48. The second-order valence-corrected chi connectivity index (χ2v) is 3.01. The summed E-state index contributed by atoms with van der Waals surface area (Å²) in [4.78, 5) is 0. The van der Waals surface area contributed by atoms with Crippen molar-refractivity contribution in [2.75, 3.05) is 5.84 Å². The van der Waals surface area contributed by atoms with Gasteiger partial charge in [0.05, 0.1) is 6.54 Å². The van der Waals surface area contributed by atoms with E-state index >= 15 is 0 Å². The van der Waals surface area contributed by atoms with Crippen LogP contribution in [0.25, 0.3) is 10.8 Å². The van der Waals surface area contributed by atoms with E-state index < -0.39 is 0 Å². The van der Waals surface area contributed by atoms with Crippen molar-refractivity contribution in [3.63, 3.8) is 0 Å². The van der Waals surface area contributed by atoms with E-state index in [1.54, 1.807) is 4.68 Å². The summed E-state index contributed by atoms with van der Waals surface area (Å²) in [7, 11) is 0. The summed E-state index contributed by atoms with van der Waals surface area (Å²) in [5.74, 6) is 5.73. The summed E-state index contributed by atoms with van der Waals surface area (Å²) in [6.07, 6.45) is 1.89. The van der Waals surface area contributed by atoms with Crippen LogP contribution in [-0.4, -0.2) is 0 Å². The fourth-order valence-corrected chi connectivity index (χ4v) is 1.41. The zero-order valence-electron chi connectivity index (χ0n) is 7.27. The maximum atomic E-state index is 5.73. The lowest BCUT2D eigenvalue weighted by atomic mass is 10.1. The van der Waals surface area contributed by atoms with Gasteiger partial charge in [-0.05, 0) is 11.5 Å². The molecule has 66 valence electrons. The van der Waals surface area contributed by atoms with Crippen molar-refractivity contribution in [3.05, 3.63) is 42.2 Å². The number of rotatable bonds is 1. The van der Waals surface area contributed by atoms with Crippen LogP contribution >= 0.6 is 0 Å². The van der Waals surface area contributed by atoms with Gasteiger partial charge in [0.15, 0.2) is 0 Å². The van der Waals surface area contributed by atoms with Gasteiger partial charge in [0.2, 0.25) is 11.9 Å². The Balaban J connectivity index is 2.74. The van der Waals surface area contributed by atoms with Crippen LogP contribution in [0.1, 0.15) is 5.69 Å². The van der Waals surface area contributed by atoms with E-state index in [1.807, 2.05) is 30.5 Å². The van der Waals surface area contributed by atoms with Gasteiger partial charge in [0.1, 0.15) is 0 Å². The molecule has 0 spiro atoms. The van der Waals surface area contributed by atoms with E-state index in [0.717, 1.165) is 11.1 Å². The Morgan fingerprint density at radius 2 is 1.85 bits per heavy atom. The number of nitrogens with two attached hydrogens (primary N) is 2. The second kappa shape index (κ2) is 3.03. The number of fused-ring (bicyclic) bond motifs is 1. The lowest BCUT2D eigenvalue weighted by Gasteiger charge is -1.98. The Morgan fingerprint density at radius 3 is 2.54 bits per heavy atom. The van der Waals surface area contributed by atoms with Crippen molar-refractivity contribution in [2.45, 2.75) is 6.54 Å². The fourth-order valence-electron chi connectivity index (χ4n) is 1.41. The highest BCUT2D eigenvalue weighted by Crippen LogP contribution is 2.11. The van der Waals surface area contributed by atoms with Crippen LogP contribution in [0.2, 0.25) is 0 Å². The molecule has 1 aromatic heterocycles. The third kappa shape index (κ3) is 1.34. The molecule has 3 nitrogen and oxygen atoms in total. The van der Waals surface area contributed by atoms with E-state index in [1.165, 1.54) is 5.39 Å². The zero-order chi connectivity index (χ0) is 9.26. The highest BCUT2D eigenvalue weighted by Gasteiger charge is 2.06. The van der Waals surface area contributed by atoms with Crippen molar-refractivity contribution in [1.29, 1.82) is 0 Å². The molecule has 2 aromatic rings. The minimum atomic E-state index is 0.460. The molecule has 2 rings (SSSR count). The number of pyridine rings is 1. The molecule has 0 bridgehead atoms. The number of nitrogens with zero attached hydrogens (tertiary/aromatic N) is 1. The van der Waals surface area contributed by atoms with Crippen LogP contribution in [0.4, 0.5) is 0 Å². The van der Waals surface area contributed by atoms with Crippen LogP contribution < -0.4 is 16.3 Å². The quantitative estimate of drug-likeness (QED) is 0.482. The van der Waals surface area contributed by atoms with Crippen LogP contribution in [0.15, 0.2) is 36.5 Å². The van der Waals surface area contributed by atoms with Crippen LogP contribution in [0.3, 0.4) is 0 Å².